The number of hydrogen-bond donors (Lipinski definition) is 1. The summed E-state index contributed by atoms with van der Waals surface area (Å²) in [6.45, 7) is 3.62. The van der Waals surface area contributed by atoms with E-state index in [2.05, 4.69) is 31.6 Å². The minimum atomic E-state index is -4.60. The van der Waals surface area contributed by atoms with Gasteiger partial charge in [0.05, 0.1) is 27.6 Å². The summed E-state index contributed by atoms with van der Waals surface area (Å²) in [4.78, 5) is 11.6. The summed E-state index contributed by atoms with van der Waals surface area (Å²) in [5.74, 6) is -0.223. The van der Waals surface area contributed by atoms with Crippen LogP contribution in [0.4, 0.5) is 23.2 Å². The fraction of sp³-hybridized carbons (Fsp3) is 0.381. The molecule has 0 bridgehead atoms. The highest BCUT2D eigenvalue weighted by Crippen LogP contribution is 2.30. The van der Waals surface area contributed by atoms with Gasteiger partial charge in [-0.15, -0.1) is 0 Å². The first-order chi connectivity index (χ1) is 15.2. The zero-order chi connectivity index (χ0) is 22.9. The molecule has 1 unspecified atom stereocenters. The molecule has 4 rings (SSSR count). The molecule has 172 valence electrons. The van der Waals surface area contributed by atoms with Crippen molar-refractivity contribution in [3.8, 4) is 5.75 Å². The van der Waals surface area contributed by atoms with Gasteiger partial charge in [-0.1, -0.05) is 18.2 Å². The fourth-order valence-corrected chi connectivity index (χ4v) is 4.62. The number of piperazine rings is 1. The Labute approximate surface area is 184 Å². The van der Waals surface area contributed by atoms with Gasteiger partial charge in [0.1, 0.15) is 5.75 Å². The van der Waals surface area contributed by atoms with Gasteiger partial charge in [0.25, 0.3) is 0 Å². The third-order valence-corrected chi connectivity index (χ3v) is 6.48. The minimum Gasteiger partial charge on any atom is -0.428 e. The lowest BCUT2D eigenvalue weighted by Gasteiger charge is -2.35. The average molecular weight is 470 g/mol. The summed E-state index contributed by atoms with van der Waals surface area (Å²) >= 11 is 0. The van der Waals surface area contributed by atoms with Gasteiger partial charge in [0.2, 0.25) is 0 Å². The van der Waals surface area contributed by atoms with E-state index in [9.17, 15) is 21.8 Å². The maximum Gasteiger partial charge on any atom is 0.461 e. The number of benzene rings is 2. The molecule has 32 heavy (non-hydrogen) atoms. The van der Waals surface area contributed by atoms with Crippen molar-refractivity contribution in [2.75, 3.05) is 38.1 Å². The highest BCUT2D eigenvalue weighted by molar-refractivity contribution is 7.84. The topological polar surface area (TPSA) is 61.5 Å². The number of anilines is 1. The summed E-state index contributed by atoms with van der Waals surface area (Å²) < 4.78 is 68.2. The van der Waals surface area contributed by atoms with E-state index in [1.54, 1.807) is 0 Å². The Balaban J connectivity index is 1.52. The second kappa shape index (κ2) is 9.07. The predicted molar refractivity (Wildman–Crippen MR) is 114 cm³/mol. The second-order valence-electron chi connectivity index (χ2n) is 7.59. The van der Waals surface area contributed by atoms with Crippen molar-refractivity contribution in [1.29, 1.82) is 0 Å². The standard InChI is InChI=1S/C21H22F4N4O2S/c1-28-8-10-29(11-9-28)18-5-3-2-4-14(18)13-32(30)20-26-16-7-6-15(12-17(16)27-20)31-21(24,25)19(22)23/h2-7,12,19H,8-11,13H2,1H3,(H,26,27). The lowest BCUT2D eigenvalue weighted by Crippen LogP contribution is -2.44. The molecular weight excluding hydrogens is 448 g/mol. The molecule has 0 radical (unpaired) electrons. The number of nitrogens with one attached hydrogen (secondary N) is 1. The zero-order valence-corrected chi connectivity index (χ0v) is 18.0. The molecule has 1 aliphatic rings. The van der Waals surface area contributed by atoms with Crippen LogP contribution in [0.5, 0.6) is 5.75 Å². The Morgan fingerprint density at radius 2 is 1.88 bits per heavy atom. The molecule has 1 aromatic heterocycles. The van der Waals surface area contributed by atoms with Crippen molar-refractivity contribution in [2.24, 2.45) is 0 Å². The highest BCUT2D eigenvalue weighted by atomic mass is 32.2. The van der Waals surface area contributed by atoms with Gasteiger partial charge in [-0.2, -0.15) is 17.6 Å². The number of H-pyrrole nitrogens is 1. The maximum atomic E-state index is 13.2. The number of hydrogen-bond acceptors (Lipinski definition) is 5. The molecule has 1 N–H and O–H groups in total. The number of halogens is 4. The molecule has 1 atom stereocenters. The lowest BCUT2D eigenvalue weighted by molar-refractivity contribution is -0.253. The molecule has 1 saturated heterocycles. The molecule has 2 aromatic carbocycles. The third-order valence-electron chi connectivity index (χ3n) is 5.28. The Morgan fingerprint density at radius 1 is 1.16 bits per heavy atom. The van der Waals surface area contributed by atoms with Crippen LogP contribution in [-0.2, 0) is 16.6 Å². The van der Waals surface area contributed by atoms with E-state index in [-0.39, 0.29) is 16.4 Å². The first-order valence-corrected chi connectivity index (χ1v) is 11.3. The number of aromatic amines is 1. The van der Waals surface area contributed by atoms with E-state index in [1.807, 2.05) is 24.3 Å². The van der Waals surface area contributed by atoms with Crippen LogP contribution >= 0.6 is 0 Å². The van der Waals surface area contributed by atoms with Crippen LogP contribution in [0.25, 0.3) is 11.0 Å². The van der Waals surface area contributed by atoms with E-state index in [4.69, 9.17) is 0 Å². The summed E-state index contributed by atoms with van der Waals surface area (Å²) in [6.07, 6.45) is -8.56. The molecule has 0 aliphatic carbocycles. The Hall–Kier alpha value is -2.66. The van der Waals surface area contributed by atoms with Crippen LogP contribution in [-0.4, -0.2) is 64.8 Å². The summed E-state index contributed by atoms with van der Waals surface area (Å²) in [5.41, 5.74) is 2.57. The summed E-state index contributed by atoms with van der Waals surface area (Å²) in [7, 11) is 0.540. The van der Waals surface area contributed by atoms with E-state index in [0.717, 1.165) is 49.6 Å². The Morgan fingerprint density at radius 3 is 2.59 bits per heavy atom. The van der Waals surface area contributed by atoms with Crippen LogP contribution in [0, 0.1) is 0 Å². The van der Waals surface area contributed by atoms with Gasteiger partial charge in [-0.25, -0.2) is 4.98 Å². The normalized spacial score (nSPS) is 16.6. The van der Waals surface area contributed by atoms with Gasteiger partial charge in [-0.3, -0.25) is 4.21 Å². The number of ether oxygens (including phenoxy) is 1. The van der Waals surface area contributed by atoms with Crippen molar-refractivity contribution < 1.29 is 26.5 Å². The number of alkyl halides is 4. The van der Waals surface area contributed by atoms with Crippen LogP contribution in [0.2, 0.25) is 0 Å². The van der Waals surface area contributed by atoms with Crippen molar-refractivity contribution in [2.45, 2.75) is 23.4 Å². The monoisotopic (exact) mass is 470 g/mol. The van der Waals surface area contributed by atoms with Crippen molar-refractivity contribution in [3.05, 3.63) is 48.0 Å². The van der Waals surface area contributed by atoms with Gasteiger partial charge >= 0.3 is 12.5 Å². The number of aromatic nitrogens is 2. The zero-order valence-electron chi connectivity index (χ0n) is 17.2. The lowest BCUT2D eigenvalue weighted by atomic mass is 10.1. The first-order valence-electron chi connectivity index (χ1n) is 9.97. The van der Waals surface area contributed by atoms with E-state index >= 15 is 0 Å². The Bertz CT molecular complexity index is 1120. The average Bonchev–Trinajstić information content (AvgIpc) is 3.18. The van der Waals surface area contributed by atoms with E-state index in [1.165, 1.54) is 6.07 Å². The SMILES string of the molecule is CN1CCN(c2ccccc2CS(=O)c2nc3ccc(OC(F)(F)C(F)F)cc3[nH]2)CC1. The molecule has 11 heteroatoms. The van der Waals surface area contributed by atoms with E-state index < -0.39 is 29.1 Å². The quantitative estimate of drug-likeness (QED) is 0.532. The number of imidazole rings is 1. The molecule has 0 spiro atoms. The van der Waals surface area contributed by atoms with Gasteiger partial charge in [-0.05, 0) is 30.8 Å². The van der Waals surface area contributed by atoms with Crippen LogP contribution < -0.4 is 9.64 Å². The molecule has 1 fully saturated rings. The number of fused-ring (bicyclic) bond motifs is 1. The molecular formula is C21H22F4N4O2S. The first kappa shape index (κ1) is 22.5. The molecule has 3 aromatic rings. The van der Waals surface area contributed by atoms with Gasteiger partial charge in [0, 0.05) is 37.9 Å². The third kappa shape index (κ3) is 4.88. The summed E-state index contributed by atoms with van der Waals surface area (Å²) in [6, 6.07) is 11.4. The van der Waals surface area contributed by atoms with Gasteiger partial charge in [0.15, 0.2) is 5.16 Å². The number of para-hydroxylation sites is 1. The smallest absolute Gasteiger partial charge is 0.428 e. The van der Waals surface area contributed by atoms with Crippen LogP contribution in [0.3, 0.4) is 0 Å². The van der Waals surface area contributed by atoms with Crippen LogP contribution in [0.1, 0.15) is 5.56 Å². The van der Waals surface area contributed by atoms with Gasteiger partial charge < -0.3 is 19.5 Å². The van der Waals surface area contributed by atoms with Crippen molar-refractivity contribution in [1.82, 2.24) is 14.9 Å². The van der Waals surface area contributed by atoms with E-state index in [0.29, 0.717) is 5.52 Å². The van der Waals surface area contributed by atoms with Crippen molar-refractivity contribution >= 4 is 27.5 Å². The molecule has 2 heterocycles. The number of rotatable bonds is 7. The molecule has 1 aliphatic heterocycles. The predicted octanol–water partition coefficient (Wildman–Crippen LogP) is 3.86. The molecule has 0 amide bonds. The fourth-order valence-electron chi connectivity index (χ4n) is 3.54. The highest BCUT2D eigenvalue weighted by Gasteiger charge is 2.44. The molecule has 6 nitrogen and oxygen atoms in total. The maximum absolute atomic E-state index is 13.2. The Kier molecular flexibility index (Phi) is 6.38. The molecule has 0 saturated carbocycles. The second-order valence-corrected chi connectivity index (χ2v) is 8.96. The van der Waals surface area contributed by atoms with Crippen molar-refractivity contribution in [3.63, 3.8) is 0 Å². The minimum absolute atomic E-state index is 0.172. The number of likely N-dealkylation sites (N-methyl/N-ethyl adjacent to an activating group) is 1. The summed E-state index contributed by atoms with van der Waals surface area (Å²) in [5, 5.41) is 0.172. The van der Waals surface area contributed by atoms with Crippen LogP contribution in [0.15, 0.2) is 47.6 Å². The largest absolute Gasteiger partial charge is 0.461 e. The number of nitrogens with zero attached hydrogens (tertiary/aromatic N) is 3.